The van der Waals surface area contributed by atoms with E-state index in [2.05, 4.69) is 0 Å². The number of benzene rings is 2. The Morgan fingerprint density at radius 1 is 1.06 bits per heavy atom. The molecule has 2 aromatic carbocycles. The van der Waals surface area contributed by atoms with Gasteiger partial charge in [-0.1, -0.05) is 24.3 Å². The zero-order chi connectivity index (χ0) is 22.7. The van der Waals surface area contributed by atoms with Crippen molar-refractivity contribution < 1.29 is 19.4 Å². The second-order valence-corrected chi connectivity index (χ2v) is 7.65. The monoisotopic (exact) mass is 428 g/mol. The minimum atomic E-state index is -1.01. The number of hydrogen-bond donors (Lipinski definition) is 1. The molecule has 0 saturated heterocycles. The lowest BCUT2D eigenvalue weighted by Gasteiger charge is -2.10. The van der Waals surface area contributed by atoms with Crippen LogP contribution in [0.15, 0.2) is 79.1 Å². The molecule has 2 heterocycles. The molecule has 2 aromatic heterocycles. The number of rotatable bonds is 8. The molecule has 1 atom stereocenters. The molecule has 0 bridgehead atoms. The molecule has 0 aliphatic rings. The van der Waals surface area contributed by atoms with Crippen LogP contribution in [0.4, 0.5) is 0 Å². The number of aryl methyl sites for hydroxylation is 1. The number of hydrogen-bond acceptors (Lipinski definition) is 3. The van der Waals surface area contributed by atoms with Crippen molar-refractivity contribution in [3.05, 3.63) is 96.0 Å². The maximum absolute atomic E-state index is 13.1. The third-order valence-corrected chi connectivity index (χ3v) is 5.34. The van der Waals surface area contributed by atoms with Crippen LogP contribution in [0, 0.1) is 0 Å². The van der Waals surface area contributed by atoms with Gasteiger partial charge < -0.3 is 19.0 Å². The smallest absolute Gasteiger partial charge is 0.344 e. The first-order valence-electron chi connectivity index (χ1n) is 10.3. The first-order chi connectivity index (χ1) is 15.4. The number of aromatic nitrogens is 2. The Morgan fingerprint density at radius 2 is 1.91 bits per heavy atom. The number of nitrogens with zero attached hydrogens (tertiary/aromatic N) is 2. The highest BCUT2D eigenvalue weighted by Crippen LogP contribution is 2.20. The van der Waals surface area contributed by atoms with Gasteiger partial charge in [0.15, 0.2) is 6.10 Å². The minimum absolute atomic E-state index is 0.0211. The molecule has 6 nitrogen and oxygen atoms in total. The van der Waals surface area contributed by atoms with E-state index in [4.69, 9.17) is 9.84 Å². The number of ether oxygens (including phenoxy) is 1. The molecule has 0 spiro atoms. The Balaban J connectivity index is 1.47. The summed E-state index contributed by atoms with van der Waals surface area (Å²) in [6.07, 6.45) is 6.82. The summed E-state index contributed by atoms with van der Waals surface area (Å²) in [5, 5.41) is 10.0. The summed E-state index contributed by atoms with van der Waals surface area (Å²) < 4.78 is 9.35. The molecule has 4 aromatic rings. The number of ketones is 1. The first-order valence-corrected chi connectivity index (χ1v) is 10.3. The highest BCUT2D eigenvalue weighted by atomic mass is 16.5. The van der Waals surface area contributed by atoms with Gasteiger partial charge >= 0.3 is 5.97 Å². The molecule has 32 heavy (non-hydrogen) atoms. The fourth-order valence-electron chi connectivity index (χ4n) is 3.60. The van der Waals surface area contributed by atoms with E-state index in [1.165, 1.54) is 6.92 Å². The molecule has 162 valence electrons. The summed E-state index contributed by atoms with van der Waals surface area (Å²) in [5.41, 5.74) is 3.25. The molecule has 0 aliphatic heterocycles. The van der Waals surface area contributed by atoms with Crippen molar-refractivity contribution in [2.75, 3.05) is 0 Å². The van der Waals surface area contributed by atoms with E-state index in [1.807, 2.05) is 89.3 Å². The SMILES string of the molecule is C[C@H](Oc1cccc(C=CCn2cccc2C(=O)c2ccc3c(ccn3C)c2)c1)C(=O)O. The number of carbonyl (C=O) groups excluding carboxylic acids is 1. The van der Waals surface area contributed by atoms with E-state index in [1.54, 1.807) is 12.1 Å². The van der Waals surface area contributed by atoms with Crippen molar-refractivity contribution >= 4 is 28.7 Å². The molecule has 0 fully saturated rings. The Labute approximate surface area is 186 Å². The number of allylic oxidation sites excluding steroid dienone is 1. The van der Waals surface area contributed by atoms with Gasteiger partial charge in [0.1, 0.15) is 5.75 Å². The molecular formula is C26H24N2O4. The fraction of sp³-hybridized carbons (Fsp3) is 0.154. The van der Waals surface area contributed by atoms with Crippen molar-refractivity contribution in [2.45, 2.75) is 19.6 Å². The van der Waals surface area contributed by atoms with Gasteiger partial charge in [-0.3, -0.25) is 4.79 Å². The lowest BCUT2D eigenvalue weighted by molar-refractivity contribution is -0.144. The predicted octanol–water partition coefficient (Wildman–Crippen LogP) is 4.78. The van der Waals surface area contributed by atoms with Crippen molar-refractivity contribution in [3.8, 4) is 5.75 Å². The van der Waals surface area contributed by atoms with Crippen LogP contribution in [-0.2, 0) is 18.4 Å². The Bertz CT molecular complexity index is 1310. The van der Waals surface area contributed by atoms with Crippen molar-refractivity contribution in [3.63, 3.8) is 0 Å². The molecule has 0 amide bonds. The molecule has 0 aliphatic carbocycles. The standard InChI is InChI=1S/C26H24N2O4/c1-18(26(30)31)32-22-8-3-6-19(16-22)7-4-13-28-14-5-9-24(28)25(29)21-10-11-23-20(17-21)12-15-27(23)2/h3-12,14-18H,13H2,1-2H3,(H,30,31)/t18-/m0/s1. The summed E-state index contributed by atoms with van der Waals surface area (Å²) in [6.45, 7) is 2.02. The van der Waals surface area contributed by atoms with E-state index < -0.39 is 12.1 Å². The van der Waals surface area contributed by atoms with Crippen LogP contribution in [0.5, 0.6) is 5.75 Å². The normalized spacial score (nSPS) is 12.3. The molecule has 1 N–H and O–H groups in total. The summed E-state index contributed by atoms with van der Waals surface area (Å²) in [7, 11) is 1.98. The summed E-state index contributed by atoms with van der Waals surface area (Å²) in [6, 6.07) is 18.7. The number of fused-ring (bicyclic) bond motifs is 1. The maximum atomic E-state index is 13.1. The Kier molecular flexibility index (Phi) is 5.94. The third-order valence-electron chi connectivity index (χ3n) is 5.34. The van der Waals surface area contributed by atoms with Crippen LogP contribution in [0.3, 0.4) is 0 Å². The van der Waals surface area contributed by atoms with Gasteiger partial charge in [-0.25, -0.2) is 4.79 Å². The zero-order valence-electron chi connectivity index (χ0n) is 17.9. The first kappa shape index (κ1) is 21.2. The topological polar surface area (TPSA) is 73.5 Å². The van der Waals surface area contributed by atoms with Crippen LogP contribution in [0.1, 0.15) is 28.5 Å². The lowest BCUT2D eigenvalue weighted by atomic mass is 10.1. The third kappa shape index (κ3) is 4.49. The van der Waals surface area contributed by atoms with Gasteiger partial charge in [0.2, 0.25) is 5.78 Å². The summed E-state index contributed by atoms with van der Waals surface area (Å²) in [5.74, 6) is -0.537. The number of aliphatic carboxylic acids is 1. The highest BCUT2D eigenvalue weighted by Gasteiger charge is 2.14. The van der Waals surface area contributed by atoms with Gasteiger partial charge in [-0.2, -0.15) is 0 Å². The Hall–Kier alpha value is -4.06. The van der Waals surface area contributed by atoms with E-state index in [0.29, 0.717) is 23.6 Å². The average molecular weight is 428 g/mol. The molecule has 4 rings (SSSR count). The quantitative estimate of drug-likeness (QED) is 0.410. The second kappa shape index (κ2) is 8.98. The number of carbonyl (C=O) groups is 2. The van der Waals surface area contributed by atoms with Crippen LogP contribution < -0.4 is 4.74 Å². The Morgan fingerprint density at radius 3 is 2.72 bits per heavy atom. The predicted molar refractivity (Wildman–Crippen MR) is 124 cm³/mol. The molecule has 0 unspecified atom stereocenters. The average Bonchev–Trinajstić information content (AvgIpc) is 3.40. The van der Waals surface area contributed by atoms with E-state index in [0.717, 1.165) is 16.5 Å². The second-order valence-electron chi connectivity index (χ2n) is 7.65. The molecule has 0 radical (unpaired) electrons. The van der Waals surface area contributed by atoms with Crippen molar-refractivity contribution in [1.29, 1.82) is 0 Å². The van der Waals surface area contributed by atoms with Gasteiger partial charge in [0.25, 0.3) is 0 Å². The van der Waals surface area contributed by atoms with Crippen LogP contribution in [0.2, 0.25) is 0 Å². The fourth-order valence-corrected chi connectivity index (χ4v) is 3.60. The lowest BCUT2D eigenvalue weighted by Crippen LogP contribution is -2.22. The molecule has 0 saturated carbocycles. The minimum Gasteiger partial charge on any atom is -0.479 e. The van der Waals surface area contributed by atoms with Gasteiger partial charge in [0.05, 0.1) is 5.69 Å². The zero-order valence-corrected chi connectivity index (χ0v) is 17.9. The highest BCUT2D eigenvalue weighted by molar-refractivity contribution is 6.09. The van der Waals surface area contributed by atoms with Crippen LogP contribution in [0.25, 0.3) is 17.0 Å². The van der Waals surface area contributed by atoms with Gasteiger partial charge in [-0.15, -0.1) is 0 Å². The van der Waals surface area contributed by atoms with E-state index in [9.17, 15) is 9.59 Å². The van der Waals surface area contributed by atoms with Crippen molar-refractivity contribution in [1.82, 2.24) is 9.13 Å². The summed E-state index contributed by atoms with van der Waals surface area (Å²) >= 11 is 0. The van der Waals surface area contributed by atoms with E-state index >= 15 is 0 Å². The van der Waals surface area contributed by atoms with Gasteiger partial charge in [-0.05, 0) is 61.0 Å². The number of carboxylic acids is 1. The van der Waals surface area contributed by atoms with E-state index in [-0.39, 0.29) is 5.78 Å². The molecule has 6 heteroatoms. The maximum Gasteiger partial charge on any atom is 0.344 e. The molecular weight excluding hydrogens is 404 g/mol. The van der Waals surface area contributed by atoms with Crippen LogP contribution in [-0.4, -0.2) is 32.1 Å². The summed E-state index contributed by atoms with van der Waals surface area (Å²) in [4.78, 5) is 24.1. The van der Waals surface area contributed by atoms with Gasteiger partial charge in [0, 0.05) is 42.5 Å². The number of carboxylic acid groups (broad SMARTS) is 1. The van der Waals surface area contributed by atoms with Crippen LogP contribution >= 0.6 is 0 Å². The largest absolute Gasteiger partial charge is 0.479 e. The van der Waals surface area contributed by atoms with Crippen molar-refractivity contribution in [2.24, 2.45) is 7.05 Å².